The van der Waals surface area contributed by atoms with Gasteiger partial charge in [-0.25, -0.2) is 5.14 Å². The lowest BCUT2D eigenvalue weighted by Crippen LogP contribution is -2.59. The summed E-state index contributed by atoms with van der Waals surface area (Å²) in [5, 5.41) is 42.0. The van der Waals surface area contributed by atoms with Crippen LogP contribution in [-0.2, 0) is 10.2 Å². The molecule has 8 nitrogen and oxygen atoms in total. The Morgan fingerprint density at radius 1 is 1.25 bits per heavy atom. The minimum Gasteiger partial charge on any atom is -0.396 e. The van der Waals surface area contributed by atoms with E-state index >= 15 is 0 Å². The molecular weight excluding hydrogens is 240 g/mol. The number of rotatable bonds is 3. The second-order valence-electron chi connectivity index (χ2n) is 3.90. The van der Waals surface area contributed by atoms with E-state index in [1.54, 1.807) is 0 Å². The fraction of sp³-hybridized carbons (Fsp3) is 1.00. The number of aliphatic hydroxyl groups is 4. The van der Waals surface area contributed by atoms with Crippen LogP contribution in [0.4, 0.5) is 0 Å². The van der Waals surface area contributed by atoms with E-state index in [-0.39, 0.29) is 6.42 Å². The molecule has 0 aliphatic heterocycles. The third-order valence-electron chi connectivity index (χ3n) is 2.72. The smallest absolute Gasteiger partial charge is 0.274 e. The Morgan fingerprint density at radius 2 is 1.81 bits per heavy atom. The number of hydrogen-bond acceptors (Lipinski definition) is 6. The minimum absolute atomic E-state index is 0.125. The van der Waals surface area contributed by atoms with Crippen LogP contribution in [-0.4, -0.2) is 59.8 Å². The fourth-order valence-corrected chi connectivity index (χ4v) is 2.57. The van der Waals surface area contributed by atoms with Crippen molar-refractivity contribution in [2.75, 3.05) is 6.61 Å². The van der Waals surface area contributed by atoms with Gasteiger partial charge in [0.1, 0.15) is 6.10 Å². The van der Waals surface area contributed by atoms with Gasteiger partial charge in [0.25, 0.3) is 10.2 Å². The lowest BCUT2D eigenvalue weighted by Gasteiger charge is -2.39. The van der Waals surface area contributed by atoms with Crippen molar-refractivity contribution in [3.05, 3.63) is 0 Å². The van der Waals surface area contributed by atoms with Crippen LogP contribution < -0.4 is 9.86 Å². The van der Waals surface area contributed by atoms with Crippen LogP contribution >= 0.6 is 0 Å². The predicted molar refractivity (Wildman–Crippen MR) is 53.2 cm³/mol. The van der Waals surface area contributed by atoms with Gasteiger partial charge in [0.15, 0.2) is 0 Å². The van der Waals surface area contributed by atoms with Gasteiger partial charge in [0.05, 0.1) is 12.2 Å². The average molecular weight is 256 g/mol. The first-order chi connectivity index (χ1) is 7.26. The number of aliphatic hydroxyl groups excluding tert-OH is 4. The molecule has 96 valence electrons. The molecule has 7 N–H and O–H groups in total. The monoisotopic (exact) mass is 256 g/mol. The Kier molecular flexibility index (Phi) is 4.23. The van der Waals surface area contributed by atoms with Gasteiger partial charge < -0.3 is 20.4 Å². The Balaban J connectivity index is 2.83. The Labute approximate surface area is 92.9 Å². The zero-order valence-electron chi connectivity index (χ0n) is 8.39. The van der Waals surface area contributed by atoms with Crippen molar-refractivity contribution in [1.29, 1.82) is 0 Å². The van der Waals surface area contributed by atoms with Gasteiger partial charge in [-0.2, -0.15) is 13.1 Å². The summed E-state index contributed by atoms with van der Waals surface area (Å²) in [7, 11) is -4.00. The molecule has 0 saturated heterocycles. The van der Waals surface area contributed by atoms with E-state index in [1.165, 1.54) is 0 Å². The van der Waals surface area contributed by atoms with Crippen molar-refractivity contribution in [1.82, 2.24) is 4.72 Å². The zero-order valence-corrected chi connectivity index (χ0v) is 9.21. The summed E-state index contributed by atoms with van der Waals surface area (Å²) in [5.41, 5.74) is 0. The van der Waals surface area contributed by atoms with E-state index in [2.05, 4.69) is 0 Å². The van der Waals surface area contributed by atoms with Crippen LogP contribution in [0.5, 0.6) is 0 Å². The van der Waals surface area contributed by atoms with Gasteiger partial charge in [-0.15, -0.1) is 0 Å². The maximum absolute atomic E-state index is 10.8. The van der Waals surface area contributed by atoms with Crippen LogP contribution in [0.25, 0.3) is 0 Å². The molecule has 0 aromatic heterocycles. The first-order valence-corrected chi connectivity index (χ1v) is 6.26. The molecular formula is C7H16N2O6S. The molecule has 1 saturated carbocycles. The minimum atomic E-state index is -4.00. The lowest BCUT2D eigenvalue weighted by atomic mass is 9.79. The summed E-state index contributed by atoms with van der Waals surface area (Å²) in [4.78, 5) is 0. The molecule has 1 fully saturated rings. The molecule has 1 aliphatic rings. The van der Waals surface area contributed by atoms with Crippen LogP contribution in [0, 0.1) is 5.92 Å². The van der Waals surface area contributed by atoms with E-state index in [9.17, 15) is 23.7 Å². The molecule has 1 rings (SSSR count). The summed E-state index contributed by atoms with van der Waals surface area (Å²) in [5.74, 6) is -0.906. The maximum atomic E-state index is 10.8. The van der Waals surface area contributed by atoms with Gasteiger partial charge in [0, 0.05) is 18.6 Å². The topological polar surface area (TPSA) is 153 Å². The second-order valence-corrected chi connectivity index (χ2v) is 5.23. The lowest BCUT2D eigenvalue weighted by molar-refractivity contribution is -0.126. The standard InChI is InChI=1S/C7H16N2O6S/c8-16(14,15)9-4-1-5(11)7(13)6(12)3(4)2-10/h3-7,9-13H,1-2H2,(H2,8,14,15)/t3-,4?,5-,6-,7+/m0/s1. The van der Waals surface area contributed by atoms with E-state index in [0.29, 0.717) is 0 Å². The molecule has 0 aromatic rings. The Morgan fingerprint density at radius 3 is 2.25 bits per heavy atom. The number of hydrogen-bond donors (Lipinski definition) is 6. The first kappa shape index (κ1) is 13.8. The predicted octanol–water partition coefficient (Wildman–Crippen LogP) is -3.76. The quantitative estimate of drug-likeness (QED) is 0.305. The molecule has 9 heteroatoms. The summed E-state index contributed by atoms with van der Waals surface area (Å²) >= 11 is 0. The molecule has 5 atom stereocenters. The van der Waals surface area contributed by atoms with Gasteiger partial charge in [-0.3, -0.25) is 0 Å². The Hall–Kier alpha value is -0.290. The SMILES string of the molecule is NS(=O)(=O)NC1C[C@H](O)[C@@H](O)[C@@H](O)[C@H]1CO. The normalized spacial score (nSPS) is 40.9. The van der Waals surface area contributed by atoms with Crippen LogP contribution in [0.15, 0.2) is 0 Å². The molecule has 0 heterocycles. The zero-order chi connectivity index (χ0) is 12.5. The number of nitrogens with one attached hydrogen (secondary N) is 1. The van der Waals surface area contributed by atoms with Crippen molar-refractivity contribution < 1.29 is 28.8 Å². The molecule has 0 bridgehead atoms. The molecule has 1 unspecified atom stereocenters. The van der Waals surface area contributed by atoms with E-state index in [0.717, 1.165) is 0 Å². The fourth-order valence-electron chi connectivity index (χ4n) is 1.88. The number of nitrogens with two attached hydrogens (primary N) is 1. The van der Waals surface area contributed by atoms with E-state index < -0.39 is 47.1 Å². The van der Waals surface area contributed by atoms with Crippen LogP contribution in [0.2, 0.25) is 0 Å². The van der Waals surface area contributed by atoms with Crippen molar-refractivity contribution >= 4 is 10.2 Å². The van der Waals surface area contributed by atoms with Crippen molar-refractivity contribution in [3.63, 3.8) is 0 Å². The van der Waals surface area contributed by atoms with Crippen LogP contribution in [0.1, 0.15) is 6.42 Å². The van der Waals surface area contributed by atoms with Crippen molar-refractivity contribution in [2.24, 2.45) is 11.1 Å². The Bertz CT molecular complexity index is 334. The largest absolute Gasteiger partial charge is 0.396 e. The van der Waals surface area contributed by atoms with E-state index in [1.807, 2.05) is 4.72 Å². The average Bonchev–Trinajstić information content (AvgIpc) is 2.12. The highest BCUT2D eigenvalue weighted by molar-refractivity contribution is 7.87. The summed E-state index contributed by atoms with van der Waals surface area (Å²) < 4.78 is 23.6. The third-order valence-corrected chi connectivity index (χ3v) is 3.35. The molecule has 0 amide bonds. The molecule has 0 aromatic carbocycles. The van der Waals surface area contributed by atoms with Crippen LogP contribution in [0.3, 0.4) is 0 Å². The third kappa shape index (κ3) is 3.10. The summed E-state index contributed by atoms with van der Waals surface area (Å²) in [6.45, 7) is -0.530. The van der Waals surface area contributed by atoms with Gasteiger partial charge in [-0.05, 0) is 6.42 Å². The highest BCUT2D eigenvalue weighted by Gasteiger charge is 2.43. The first-order valence-electron chi connectivity index (χ1n) is 4.71. The molecule has 1 aliphatic carbocycles. The van der Waals surface area contributed by atoms with Gasteiger partial charge >= 0.3 is 0 Å². The van der Waals surface area contributed by atoms with Crippen molar-refractivity contribution in [3.8, 4) is 0 Å². The van der Waals surface area contributed by atoms with Gasteiger partial charge in [0.2, 0.25) is 0 Å². The van der Waals surface area contributed by atoms with Crippen molar-refractivity contribution in [2.45, 2.75) is 30.8 Å². The van der Waals surface area contributed by atoms with Gasteiger partial charge in [-0.1, -0.05) is 0 Å². The highest BCUT2D eigenvalue weighted by atomic mass is 32.2. The highest BCUT2D eigenvalue weighted by Crippen LogP contribution is 2.25. The molecule has 0 radical (unpaired) electrons. The second kappa shape index (κ2) is 4.92. The maximum Gasteiger partial charge on any atom is 0.274 e. The molecule has 16 heavy (non-hydrogen) atoms. The summed E-state index contributed by atoms with van der Waals surface area (Å²) in [6, 6.07) is -0.909. The van der Waals surface area contributed by atoms with E-state index in [4.69, 9.17) is 10.2 Å². The molecule has 0 spiro atoms. The summed E-state index contributed by atoms with van der Waals surface area (Å²) in [6.07, 6.45) is -4.21.